The standard InChI is InChI=1S/C11H11F3N2O2S/c12-11(13,14)8-5-9(7-10(6-8)16(17)18)15-1-3-19-4-2-15/h5-7H,1-4H2. The Morgan fingerprint density at radius 3 is 2.37 bits per heavy atom. The molecule has 0 saturated carbocycles. The summed E-state index contributed by atoms with van der Waals surface area (Å²) in [5, 5.41) is 10.7. The summed E-state index contributed by atoms with van der Waals surface area (Å²) in [7, 11) is 0. The van der Waals surface area contributed by atoms with E-state index in [9.17, 15) is 23.3 Å². The van der Waals surface area contributed by atoms with Gasteiger partial charge in [-0.15, -0.1) is 0 Å². The quantitative estimate of drug-likeness (QED) is 0.620. The topological polar surface area (TPSA) is 46.4 Å². The van der Waals surface area contributed by atoms with E-state index in [0.29, 0.717) is 19.2 Å². The maximum Gasteiger partial charge on any atom is 0.416 e. The van der Waals surface area contributed by atoms with Gasteiger partial charge in [0.2, 0.25) is 0 Å². The summed E-state index contributed by atoms with van der Waals surface area (Å²) >= 11 is 1.72. The van der Waals surface area contributed by atoms with E-state index >= 15 is 0 Å². The highest BCUT2D eigenvalue weighted by atomic mass is 32.2. The number of nitrogens with zero attached hydrogens (tertiary/aromatic N) is 2. The van der Waals surface area contributed by atoms with Crippen LogP contribution in [0.3, 0.4) is 0 Å². The molecule has 0 radical (unpaired) electrons. The number of alkyl halides is 3. The molecule has 19 heavy (non-hydrogen) atoms. The molecular weight excluding hydrogens is 281 g/mol. The average Bonchev–Trinajstić information content (AvgIpc) is 2.38. The highest BCUT2D eigenvalue weighted by molar-refractivity contribution is 7.99. The minimum Gasteiger partial charge on any atom is -0.370 e. The molecule has 104 valence electrons. The molecule has 1 fully saturated rings. The van der Waals surface area contributed by atoms with Gasteiger partial charge < -0.3 is 4.90 Å². The zero-order valence-corrected chi connectivity index (χ0v) is 10.6. The molecule has 0 aromatic heterocycles. The molecule has 1 heterocycles. The molecule has 1 aromatic carbocycles. The molecule has 1 saturated heterocycles. The molecule has 4 nitrogen and oxygen atoms in total. The van der Waals surface area contributed by atoms with Crippen molar-refractivity contribution >= 4 is 23.1 Å². The van der Waals surface area contributed by atoms with Crippen molar-refractivity contribution in [3.63, 3.8) is 0 Å². The lowest BCUT2D eigenvalue weighted by atomic mass is 10.1. The van der Waals surface area contributed by atoms with Crippen LogP contribution in [0.2, 0.25) is 0 Å². The van der Waals surface area contributed by atoms with Gasteiger partial charge >= 0.3 is 6.18 Å². The summed E-state index contributed by atoms with van der Waals surface area (Å²) in [6.07, 6.45) is -4.58. The Morgan fingerprint density at radius 1 is 1.21 bits per heavy atom. The fourth-order valence-corrected chi connectivity index (χ4v) is 2.77. The molecule has 0 bridgehead atoms. The smallest absolute Gasteiger partial charge is 0.370 e. The van der Waals surface area contributed by atoms with Crippen molar-refractivity contribution in [1.82, 2.24) is 0 Å². The summed E-state index contributed by atoms with van der Waals surface area (Å²) in [4.78, 5) is 11.7. The summed E-state index contributed by atoms with van der Waals surface area (Å²) < 4.78 is 38.2. The molecule has 0 aliphatic carbocycles. The van der Waals surface area contributed by atoms with Crippen molar-refractivity contribution in [1.29, 1.82) is 0 Å². The van der Waals surface area contributed by atoms with Gasteiger partial charge in [-0.2, -0.15) is 24.9 Å². The molecule has 8 heteroatoms. The first kappa shape index (κ1) is 14.0. The van der Waals surface area contributed by atoms with Gasteiger partial charge in [0.05, 0.1) is 10.5 Å². The monoisotopic (exact) mass is 292 g/mol. The largest absolute Gasteiger partial charge is 0.416 e. The van der Waals surface area contributed by atoms with Crippen molar-refractivity contribution in [2.75, 3.05) is 29.5 Å². The average molecular weight is 292 g/mol. The molecular formula is C11H11F3N2O2S. The van der Waals surface area contributed by atoms with E-state index in [1.807, 2.05) is 0 Å². The third-order valence-electron chi connectivity index (χ3n) is 2.82. The molecule has 0 unspecified atom stereocenters. The molecule has 0 spiro atoms. The Bertz CT molecular complexity index is 487. The van der Waals surface area contributed by atoms with Crippen molar-refractivity contribution in [3.05, 3.63) is 33.9 Å². The van der Waals surface area contributed by atoms with Gasteiger partial charge in [-0.1, -0.05) is 0 Å². The maximum atomic E-state index is 12.7. The summed E-state index contributed by atoms with van der Waals surface area (Å²) in [5.41, 5.74) is -1.24. The van der Waals surface area contributed by atoms with Gasteiger partial charge in [0.25, 0.3) is 5.69 Å². The van der Waals surface area contributed by atoms with Crippen LogP contribution in [0.4, 0.5) is 24.5 Å². The predicted octanol–water partition coefficient (Wildman–Crippen LogP) is 3.17. The van der Waals surface area contributed by atoms with E-state index in [4.69, 9.17) is 0 Å². The molecule has 1 aliphatic heterocycles. The maximum absolute atomic E-state index is 12.7. The lowest BCUT2D eigenvalue weighted by Gasteiger charge is -2.28. The Morgan fingerprint density at radius 2 is 1.84 bits per heavy atom. The summed E-state index contributed by atoms with van der Waals surface area (Å²) in [6.45, 7) is 1.20. The Labute approximate surface area is 111 Å². The number of halogens is 3. The van der Waals surface area contributed by atoms with Crippen LogP contribution in [0.5, 0.6) is 0 Å². The number of thioether (sulfide) groups is 1. The van der Waals surface area contributed by atoms with E-state index in [-0.39, 0.29) is 5.69 Å². The Kier molecular flexibility index (Phi) is 3.88. The zero-order valence-electron chi connectivity index (χ0n) is 9.81. The lowest BCUT2D eigenvalue weighted by molar-refractivity contribution is -0.385. The fourth-order valence-electron chi connectivity index (χ4n) is 1.87. The second-order valence-corrected chi connectivity index (χ2v) is 5.32. The molecule has 1 aliphatic rings. The van der Waals surface area contributed by atoms with Crippen LogP contribution in [-0.4, -0.2) is 29.5 Å². The first-order valence-corrected chi connectivity index (χ1v) is 6.73. The number of hydrogen-bond acceptors (Lipinski definition) is 4. The number of nitro groups is 1. The second-order valence-electron chi connectivity index (χ2n) is 4.09. The third kappa shape index (κ3) is 3.31. The third-order valence-corrected chi connectivity index (χ3v) is 3.76. The van der Waals surface area contributed by atoms with Crippen molar-refractivity contribution in [2.45, 2.75) is 6.18 Å². The number of nitro benzene ring substituents is 1. The minimum absolute atomic E-state index is 0.266. The molecule has 0 atom stereocenters. The van der Waals surface area contributed by atoms with Crippen molar-refractivity contribution in [3.8, 4) is 0 Å². The van der Waals surface area contributed by atoms with E-state index in [1.54, 1.807) is 16.7 Å². The van der Waals surface area contributed by atoms with Crippen molar-refractivity contribution < 1.29 is 18.1 Å². The number of benzene rings is 1. The van der Waals surface area contributed by atoms with Gasteiger partial charge in [-0.3, -0.25) is 10.1 Å². The van der Waals surface area contributed by atoms with Gasteiger partial charge in [0.1, 0.15) is 0 Å². The van der Waals surface area contributed by atoms with Crippen molar-refractivity contribution in [2.24, 2.45) is 0 Å². The SMILES string of the molecule is O=[N+]([O-])c1cc(N2CCSCC2)cc(C(F)(F)F)c1. The number of non-ortho nitro benzene ring substituents is 1. The van der Waals surface area contributed by atoms with E-state index in [0.717, 1.165) is 17.6 Å². The zero-order chi connectivity index (χ0) is 14.0. The predicted molar refractivity (Wildman–Crippen MR) is 67.6 cm³/mol. The lowest BCUT2D eigenvalue weighted by Crippen LogP contribution is -2.32. The first-order valence-electron chi connectivity index (χ1n) is 5.57. The number of rotatable bonds is 2. The highest BCUT2D eigenvalue weighted by Crippen LogP contribution is 2.35. The van der Waals surface area contributed by atoms with Crippen LogP contribution < -0.4 is 4.90 Å². The van der Waals surface area contributed by atoms with Crippen LogP contribution in [-0.2, 0) is 6.18 Å². The summed E-state index contributed by atoms with van der Waals surface area (Å²) in [6, 6.07) is 2.75. The van der Waals surface area contributed by atoms with Gasteiger partial charge in [-0.05, 0) is 6.07 Å². The molecule has 2 rings (SSSR count). The van der Waals surface area contributed by atoms with E-state index < -0.39 is 22.4 Å². The van der Waals surface area contributed by atoms with Crippen LogP contribution in [0.15, 0.2) is 18.2 Å². The van der Waals surface area contributed by atoms with Gasteiger partial charge in [-0.25, -0.2) is 0 Å². The van der Waals surface area contributed by atoms with Gasteiger partial charge in [0.15, 0.2) is 0 Å². The van der Waals surface area contributed by atoms with Crippen LogP contribution in [0.25, 0.3) is 0 Å². The number of hydrogen-bond donors (Lipinski definition) is 0. The van der Waals surface area contributed by atoms with Crippen LogP contribution >= 0.6 is 11.8 Å². The molecule has 1 aromatic rings. The molecule has 0 amide bonds. The van der Waals surface area contributed by atoms with Crippen LogP contribution in [0.1, 0.15) is 5.56 Å². The highest BCUT2D eigenvalue weighted by Gasteiger charge is 2.33. The van der Waals surface area contributed by atoms with E-state index in [1.165, 1.54) is 6.07 Å². The Balaban J connectivity index is 2.41. The van der Waals surface area contributed by atoms with Gasteiger partial charge in [0, 0.05) is 42.4 Å². The summed E-state index contributed by atoms with van der Waals surface area (Å²) in [5.74, 6) is 1.62. The molecule has 0 N–H and O–H groups in total. The second kappa shape index (κ2) is 5.28. The fraction of sp³-hybridized carbons (Fsp3) is 0.455. The minimum atomic E-state index is -4.58. The first-order chi connectivity index (χ1) is 8.88. The number of anilines is 1. The van der Waals surface area contributed by atoms with E-state index in [2.05, 4.69) is 0 Å². The van der Waals surface area contributed by atoms with Crippen LogP contribution in [0, 0.1) is 10.1 Å². The normalized spacial score (nSPS) is 16.5. The Hall–Kier alpha value is -1.44.